The lowest BCUT2D eigenvalue weighted by Crippen LogP contribution is -2.24. The molecule has 0 aliphatic rings. The summed E-state index contributed by atoms with van der Waals surface area (Å²) in [6.45, 7) is 3.03. The van der Waals surface area contributed by atoms with Crippen LogP contribution in [0.25, 0.3) is 0 Å². The average molecular weight is 340 g/mol. The molecule has 1 atom stereocenters. The maximum Gasteiger partial charge on any atom is 0.0759 e. The number of nitrogens with one attached hydrogen (secondary N) is 1. The highest BCUT2D eigenvalue weighted by Crippen LogP contribution is 2.29. The summed E-state index contributed by atoms with van der Waals surface area (Å²) in [5, 5.41) is 7.83. The number of rotatable bonds is 5. The zero-order valence-electron chi connectivity index (χ0n) is 11.4. The van der Waals surface area contributed by atoms with Crippen molar-refractivity contribution in [2.45, 2.75) is 17.9 Å². The van der Waals surface area contributed by atoms with E-state index in [1.807, 2.05) is 17.9 Å². The molecule has 0 amide bonds. The Kier molecular flexibility index (Phi) is 5.07. The first-order valence-corrected chi connectivity index (χ1v) is 8.23. The van der Waals surface area contributed by atoms with Gasteiger partial charge in [-0.25, -0.2) is 0 Å². The monoisotopic (exact) mass is 339 g/mol. The van der Waals surface area contributed by atoms with Crippen molar-refractivity contribution in [3.05, 3.63) is 46.2 Å². The summed E-state index contributed by atoms with van der Waals surface area (Å²) in [7, 11) is 1.97. The molecule has 1 aromatic carbocycles. The third kappa shape index (κ3) is 3.22. The van der Waals surface area contributed by atoms with E-state index in [0.717, 1.165) is 16.7 Å². The predicted octanol–water partition coefficient (Wildman–Crippen LogP) is 3.60. The fourth-order valence-electron chi connectivity index (χ4n) is 2.12. The molecule has 0 bridgehead atoms. The zero-order chi connectivity index (χ0) is 13.8. The molecule has 2 aromatic rings. The van der Waals surface area contributed by atoms with Crippen LogP contribution < -0.4 is 5.32 Å². The minimum atomic E-state index is 0.155. The first-order valence-electron chi connectivity index (χ1n) is 6.22. The first-order chi connectivity index (χ1) is 9.17. The van der Waals surface area contributed by atoms with Gasteiger partial charge in [-0.3, -0.25) is 4.68 Å². The number of aromatic nitrogens is 2. The second kappa shape index (κ2) is 6.59. The lowest BCUT2D eigenvalue weighted by molar-refractivity contribution is 0.570. The first kappa shape index (κ1) is 14.6. The van der Waals surface area contributed by atoms with E-state index in [1.165, 1.54) is 10.5 Å². The molecule has 3 nitrogen and oxygen atoms in total. The highest BCUT2D eigenvalue weighted by Gasteiger charge is 2.19. The Bertz CT molecular complexity index is 517. The van der Waals surface area contributed by atoms with Gasteiger partial charge in [-0.2, -0.15) is 5.10 Å². The van der Waals surface area contributed by atoms with Gasteiger partial charge in [0.05, 0.1) is 22.4 Å². The van der Waals surface area contributed by atoms with E-state index in [4.69, 9.17) is 0 Å². The Hall–Kier alpha value is -0.780. The van der Waals surface area contributed by atoms with Crippen LogP contribution in [0.1, 0.15) is 24.2 Å². The van der Waals surface area contributed by atoms with Crippen LogP contribution in [0.3, 0.4) is 0 Å². The standard InChI is InChI=1S/C14H18BrN3S/c1-4-16-13(14-12(15)9-17-18(14)2)10-5-7-11(19-3)8-6-10/h5-9,13,16H,4H2,1-3H3. The number of halogens is 1. The number of benzene rings is 1. The van der Waals surface area contributed by atoms with E-state index in [-0.39, 0.29) is 6.04 Å². The van der Waals surface area contributed by atoms with Crippen molar-refractivity contribution in [3.8, 4) is 0 Å². The molecule has 0 fully saturated rings. The highest BCUT2D eigenvalue weighted by molar-refractivity contribution is 9.10. The Balaban J connectivity index is 2.39. The molecule has 1 heterocycles. The Morgan fingerprint density at radius 2 is 2.05 bits per heavy atom. The Morgan fingerprint density at radius 3 is 2.53 bits per heavy atom. The number of hydrogen-bond acceptors (Lipinski definition) is 3. The van der Waals surface area contributed by atoms with Gasteiger partial charge in [-0.05, 0) is 46.4 Å². The van der Waals surface area contributed by atoms with Gasteiger partial charge in [0.15, 0.2) is 0 Å². The Labute approximate surface area is 126 Å². The maximum absolute atomic E-state index is 4.30. The van der Waals surface area contributed by atoms with E-state index in [1.54, 1.807) is 11.8 Å². The molecule has 0 aliphatic heterocycles. The van der Waals surface area contributed by atoms with E-state index in [9.17, 15) is 0 Å². The molecule has 5 heteroatoms. The topological polar surface area (TPSA) is 29.9 Å². The van der Waals surface area contributed by atoms with Crippen LogP contribution in [0, 0.1) is 0 Å². The van der Waals surface area contributed by atoms with E-state index in [0.29, 0.717) is 0 Å². The molecule has 0 aliphatic carbocycles. The summed E-state index contributed by atoms with van der Waals surface area (Å²) >= 11 is 5.34. The molecule has 19 heavy (non-hydrogen) atoms. The van der Waals surface area contributed by atoms with E-state index < -0.39 is 0 Å². The molecule has 0 spiro atoms. The van der Waals surface area contributed by atoms with Crippen LogP contribution in [-0.4, -0.2) is 22.6 Å². The summed E-state index contributed by atoms with van der Waals surface area (Å²) in [5.41, 5.74) is 2.41. The van der Waals surface area contributed by atoms with Gasteiger partial charge in [0.2, 0.25) is 0 Å². The second-order valence-corrected chi connectivity index (χ2v) is 6.00. The number of aryl methyl sites for hydroxylation is 1. The second-order valence-electron chi connectivity index (χ2n) is 4.27. The van der Waals surface area contributed by atoms with Crippen LogP contribution in [0.15, 0.2) is 39.8 Å². The largest absolute Gasteiger partial charge is 0.305 e. The number of hydrogen-bond donors (Lipinski definition) is 1. The van der Waals surface area contributed by atoms with Crippen molar-refractivity contribution in [3.63, 3.8) is 0 Å². The van der Waals surface area contributed by atoms with Gasteiger partial charge in [0, 0.05) is 11.9 Å². The van der Waals surface area contributed by atoms with Crippen molar-refractivity contribution < 1.29 is 0 Å². The third-order valence-corrected chi connectivity index (χ3v) is 4.42. The molecule has 0 radical (unpaired) electrons. The molecule has 1 aromatic heterocycles. The smallest absolute Gasteiger partial charge is 0.0759 e. The molecule has 0 saturated carbocycles. The van der Waals surface area contributed by atoms with Crippen molar-refractivity contribution in [2.24, 2.45) is 7.05 Å². The van der Waals surface area contributed by atoms with Crippen LogP contribution >= 0.6 is 27.7 Å². The summed E-state index contributed by atoms with van der Waals surface area (Å²) < 4.78 is 2.95. The maximum atomic E-state index is 4.30. The summed E-state index contributed by atoms with van der Waals surface area (Å²) in [4.78, 5) is 1.28. The average Bonchev–Trinajstić information content (AvgIpc) is 2.76. The molecular weight excluding hydrogens is 322 g/mol. The molecule has 0 saturated heterocycles. The summed E-state index contributed by atoms with van der Waals surface area (Å²) in [5.74, 6) is 0. The van der Waals surface area contributed by atoms with Crippen molar-refractivity contribution in [1.29, 1.82) is 0 Å². The molecule has 2 rings (SSSR count). The predicted molar refractivity (Wildman–Crippen MR) is 84.7 cm³/mol. The number of thioether (sulfide) groups is 1. The van der Waals surface area contributed by atoms with Gasteiger partial charge >= 0.3 is 0 Å². The normalized spacial score (nSPS) is 12.6. The molecule has 1 N–H and O–H groups in total. The highest BCUT2D eigenvalue weighted by atomic mass is 79.9. The summed E-state index contributed by atoms with van der Waals surface area (Å²) in [6, 6.07) is 8.84. The molecule has 102 valence electrons. The fraction of sp³-hybridized carbons (Fsp3) is 0.357. The summed E-state index contributed by atoms with van der Waals surface area (Å²) in [6.07, 6.45) is 3.93. The molecule has 1 unspecified atom stereocenters. The lowest BCUT2D eigenvalue weighted by Gasteiger charge is -2.19. The van der Waals surface area contributed by atoms with Crippen molar-refractivity contribution in [1.82, 2.24) is 15.1 Å². The zero-order valence-corrected chi connectivity index (χ0v) is 13.8. The van der Waals surface area contributed by atoms with Gasteiger partial charge in [-0.1, -0.05) is 19.1 Å². The SMILES string of the molecule is CCNC(c1ccc(SC)cc1)c1c(Br)cnn1C. The van der Waals surface area contributed by atoms with E-state index in [2.05, 4.69) is 63.8 Å². The number of nitrogens with zero attached hydrogens (tertiary/aromatic N) is 2. The lowest BCUT2D eigenvalue weighted by atomic mass is 10.0. The molecular formula is C14H18BrN3S. The van der Waals surface area contributed by atoms with Gasteiger partial charge in [0.25, 0.3) is 0 Å². The van der Waals surface area contributed by atoms with Crippen molar-refractivity contribution >= 4 is 27.7 Å². The van der Waals surface area contributed by atoms with E-state index >= 15 is 0 Å². The minimum absolute atomic E-state index is 0.155. The minimum Gasteiger partial charge on any atom is -0.305 e. The van der Waals surface area contributed by atoms with Gasteiger partial charge < -0.3 is 5.32 Å². The van der Waals surface area contributed by atoms with Crippen LogP contribution in [0.4, 0.5) is 0 Å². The van der Waals surface area contributed by atoms with Gasteiger partial charge in [-0.15, -0.1) is 11.8 Å². The third-order valence-electron chi connectivity index (χ3n) is 3.07. The fourth-order valence-corrected chi connectivity index (χ4v) is 3.10. The van der Waals surface area contributed by atoms with Crippen LogP contribution in [0.2, 0.25) is 0 Å². The van der Waals surface area contributed by atoms with Crippen molar-refractivity contribution in [2.75, 3.05) is 12.8 Å². The van der Waals surface area contributed by atoms with Gasteiger partial charge in [0.1, 0.15) is 0 Å². The van der Waals surface area contributed by atoms with Crippen LogP contribution in [0.5, 0.6) is 0 Å². The van der Waals surface area contributed by atoms with Crippen LogP contribution in [-0.2, 0) is 7.05 Å². The quantitative estimate of drug-likeness (QED) is 0.844. The Morgan fingerprint density at radius 1 is 1.37 bits per heavy atom.